The van der Waals surface area contributed by atoms with Gasteiger partial charge in [-0.15, -0.1) is 0 Å². The number of amidine groups is 1. The molecule has 8 aromatic carbocycles. The summed E-state index contributed by atoms with van der Waals surface area (Å²) in [6, 6.07) is 72.7. The summed E-state index contributed by atoms with van der Waals surface area (Å²) in [5.74, 6) is 0.873. The number of rotatable bonds is 5. The Morgan fingerprint density at radius 3 is 1.91 bits per heavy atom. The van der Waals surface area contributed by atoms with E-state index in [9.17, 15) is 0 Å². The van der Waals surface area contributed by atoms with Gasteiger partial charge in [-0.05, 0) is 85.5 Å². The average molecular weight is 743 g/mol. The van der Waals surface area contributed by atoms with Crippen molar-refractivity contribution in [3.63, 3.8) is 0 Å². The van der Waals surface area contributed by atoms with E-state index < -0.39 is 5.41 Å². The molecule has 0 saturated heterocycles. The molecule has 4 nitrogen and oxygen atoms in total. The van der Waals surface area contributed by atoms with Crippen LogP contribution in [0, 0.1) is 0 Å². The van der Waals surface area contributed by atoms with Gasteiger partial charge in [-0.2, -0.15) is 0 Å². The van der Waals surface area contributed by atoms with Crippen molar-refractivity contribution in [1.29, 1.82) is 0 Å². The standard InChI is InChI=1S/C54H38N4/c1-4-17-35(18-5-1)47-34-48(56-52(55-47)36-19-6-2-7-20-36)39-24-14-23-38(33-39)40-26-15-29-44-50(40)41-25-10-11-27-42(41)54(44)43-28-12-13-32-49(43)58-51-45(54)30-16-31-46(51)57-53(58)37-21-8-3-9-22-37/h1-34,47,53,57H,(H,55,56). The fourth-order valence-electron chi connectivity index (χ4n) is 10.1. The van der Waals surface area contributed by atoms with E-state index in [1.54, 1.807) is 0 Å². The maximum atomic E-state index is 5.20. The van der Waals surface area contributed by atoms with Gasteiger partial charge in [0.1, 0.15) is 12.0 Å². The molecule has 0 amide bonds. The van der Waals surface area contributed by atoms with E-state index in [1.165, 1.54) is 61.4 Å². The minimum Gasteiger partial charge on any atom is -0.359 e. The van der Waals surface area contributed by atoms with Gasteiger partial charge in [0.05, 0.1) is 22.8 Å². The van der Waals surface area contributed by atoms with Crippen LogP contribution in [0.1, 0.15) is 56.7 Å². The van der Waals surface area contributed by atoms with Crippen molar-refractivity contribution < 1.29 is 0 Å². The van der Waals surface area contributed by atoms with Crippen molar-refractivity contribution in [2.24, 2.45) is 4.99 Å². The van der Waals surface area contributed by atoms with Crippen LogP contribution in [0.4, 0.5) is 17.1 Å². The predicted octanol–water partition coefficient (Wildman–Crippen LogP) is 12.4. The van der Waals surface area contributed by atoms with Crippen molar-refractivity contribution in [1.82, 2.24) is 5.32 Å². The fourth-order valence-corrected chi connectivity index (χ4v) is 10.1. The summed E-state index contributed by atoms with van der Waals surface area (Å²) in [5.41, 5.74) is 19.0. The van der Waals surface area contributed by atoms with E-state index in [-0.39, 0.29) is 12.2 Å². The Bertz CT molecular complexity index is 2970. The zero-order valence-electron chi connectivity index (χ0n) is 31.7. The lowest BCUT2D eigenvalue weighted by Crippen LogP contribution is -2.37. The Labute approximate surface area is 338 Å². The maximum absolute atomic E-state index is 5.20. The molecule has 58 heavy (non-hydrogen) atoms. The second-order valence-electron chi connectivity index (χ2n) is 15.6. The molecular formula is C54H38N4. The summed E-state index contributed by atoms with van der Waals surface area (Å²) < 4.78 is 0. The van der Waals surface area contributed by atoms with Crippen LogP contribution in [0.15, 0.2) is 211 Å². The molecule has 0 fully saturated rings. The van der Waals surface area contributed by atoms with E-state index in [0.29, 0.717) is 0 Å². The number of nitrogens with zero attached hydrogens (tertiary/aromatic N) is 2. The molecule has 0 aromatic heterocycles. The first-order valence-corrected chi connectivity index (χ1v) is 20.1. The molecule has 274 valence electrons. The van der Waals surface area contributed by atoms with Crippen molar-refractivity contribution in [3.05, 3.63) is 251 Å². The summed E-state index contributed by atoms with van der Waals surface area (Å²) in [7, 11) is 0. The molecule has 1 spiro atoms. The van der Waals surface area contributed by atoms with Gasteiger partial charge in [-0.3, -0.25) is 4.99 Å². The summed E-state index contributed by atoms with van der Waals surface area (Å²) >= 11 is 0. The van der Waals surface area contributed by atoms with Gasteiger partial charge in [-0.25, -0.2) is 0 Å². The minimum atomic E-state index is -0.511. The monoisotopic (exact) mass is 742 g/mol. The van der Waals surface area contributed by atoms with Crippen LogP contribution in [-0.4, -0.2) is 5.84 Å². The smallest absolute Gasteiger partial charge is 0.133 e. The second kappa shape index (κ2) is 12.8. The van der Waals surface area contributed by atoms with Crippen LogP contribution in [0.25, 0.3) is 28.0 Å². The van der Waals surface area contributed by atoms with Crippen molar-refractivity contribution in [2.75, 3.05) is 10.2 Å². The maximum Gasteiger partial charge on any atom is 0.133 e. The first kappa shape index (κ1) is 32.8. The Kier molecular flexibility index (Phi) is 7.24. The molecule has 8 aromatic rings. The molecule has 0 saturated carbocycles. The summed E-state index contributed by atoms with van der Waals surface area (Å²) in [4.78, 5) is 7.73. The second-order valence-corrected chi connectivity index (χ2v) is 15.6. The molecule has 0 radical (unpaired) electrons. The van der Waals surface area contributed by atoms with Crippen LogP contribution >= 0.6 is 0 Å². The molecule has 3 atom stereocenters. The largest absolute Gasteiger partial charge is 0.359 e. The number of aliphatic imine (C=N–C) groups is 1. The van der Waals surface area contributed by atoms with Gasteiger partial charge >= 0.3 is 0 Å². The number of fused-ring (bicyclic) bond motifs is 9. The molecule has 3 aliphatic heterocycles. The lowest BCUT2D eigenvalue weighted by molar-refractivity contribution is 0.720. The van der Waals surface area contributed by atoms with Gasteiger partial charge in [-0.1, -0.05) is 182 Å². The highest BCUT2D eigenvalue weighted by atomic mass is 15.3. The first-order valence-electron chi connectivity index (χ1n) is 20.1. The van der Waals surface area contributed by atoms with Gasteiger partial charge in [0.2, 0.25) is 0 Å². The third-order valence-corrected chi connectivity index (χ3v) is 12.5. The first-order chi connectivity index (χ1) is 28.8. The zero-order valence-corrected chi connectivity index (χ0v) is 31.7. The van der Waals surface area contributed by atoms with Gasteiger partial charge in [0.15, 0.2) is 0 Å². The highest BCUT2D eigenvalue weighted by molar-refractivity contribution is 6.05. The molecule has 4 heteroatoms. The van der Waals surface area contributed by atoms with E-state index >= 15 is 0 Å². The molecule has 0 bridgehead atoms. The number of para-hydroxylation sites is 2. The Morgan fingerprint density at radius 2 is 1.09 bits per heavy atom. The summed E-state index contributed by atoms with van der Waals surface area (Å²) in [5, 5.41) is 7.67. The van der Waals surface area contributed by atoms with Crippen LogP contribution in [0.5, 0.6) is 0 Å². The lowest BCUT2D eigenvalue weighted by atomic mass is 9.64. The van der Waals surface area contributed by atoms with Gasteiger partial charge < -0.3 is 15.5 Å². The normalized spacial score (nSPS) is 19.2. The van der Waals surface area contributed by atoms with Crippen molar-refractivity contribution >= 4 is 28.6 Å². The number of nitrogens with one attached hydrogen (secondary N) is 2. The van der Waals surface area contributed by atoms with Crippen LogP contribution in [-0.2, 0) is 5.41 Å². The molecule has 4 aliphatic rings. The Balaban J connectivity index is 1.04. The van der Waals surface area contributed by atoms with E-state index in [4.69, 9.17) is 4.99 Å². The third kappa shape index (κ3) is 4.72. The van der Waals surface area contributed by atoms with Crippen LogP contribution in [0.3, 0.4) is 0 Å². The molecule has 1 aliphatic carbocycles. The van der Waals surface area contributed by atoms with Crippen LogP contribution in [0.2, 0.25) is 0 Å². The van der Waals surface area contributed by atoms with E-state index in [1.807, 2.05) is 6.07 Å². The third-order valence-electron chi connectivity index (χ3n) is 12.5. The fraction of sp³-hybridized carbons (Fsp3) is 0.0556. The molecule has 12 rings (SSSR count). The Morgan fingerprint density at radius 1 is 0.483 bits per heavy atom. The average Bonchev–Trinajstić information content (AvgIpc) is 3.84. The SMILES string of the molecule is C1=C(c2cccc(-c3cccc4c3-c3ccccc3C43c4ccccc4N4c5c(cccc53)NC4c3ccccc3)c2)NC(c2ccccc2)=NC1c1ccccc1. The number of anilines is 3. The molecule has 3 unspecified atom stereocenters. The minimum absolute atomic E-state index is 0.0160. The molecule has 3 heterocycles. The molecular weight excluding hydrogens is 705 g/mol. The number of benzene rings is 8. The van der Waals surface area contributed by atoms with Crippen molar-refractivity contribution in [3.8, 4) is 22.3 Å². The summed E-state index contributed by atoms with van der Waals surface area (Å²) in [6.07, 6.45) is 2.25. The quantitative estimate of drug-likeness (QED) is 0.184. The van der Waals surface area contributed by atoms with E-state index in [0.717, 1.165) is 33.9 Å². The van der Waals surface area contributed by atoms with Crippen molar-refractivity contribution in [2.45, 2.75) is 17.6 Å². The van der Waals surface area contributed by atoms with E-state index in [2.05, 4.69) is 216 Å². The summed E-state index contributed by atoms with van der Waals surface area (Å²) in [6.45, 7) is 0. The highest BCUT2D eigenvalue weighted by Crippen LogP contribution is 2.66. The Hall–Kier alpha value is -7.43. The lowest BCUT2D eigenvalue weighted by Gasteiger charge is -2.44. The molecule has 2 N–H and O–H groups in total. The highest BCUT2D eigenvalue weighted by Gasteiger charge is 2.54. The predicted molar refractivity (Wildman–Crippen MR) is 237 cm³/mol. The topological polar surface area (TPSA) is 39.7 Å². The van der Waals surface area contributed by atoms with Crippen LogP contribution < -0.4 is 15.5 Å². The van der Waals surface area contributed by atoms with Gasteiger partial charge in [0, 0.05) is 16.9 Å². The number of hydrogen-bond donors (Lipinski definition) is 2. The van der Waals surface area contributed by atoms with Gasteiger partial charge in [0.25, 0.3) is 0 Å². The number of hydrogen-bond acceptors (Lipinski definition) is 4. The zero-order chi connectivity index (χ0) is 38.2.